The van der Waals surface area contributed by atoms with Gasteiger partial charge in [0.25, 0.3) is 0 Å². The highest BCUT2D eigenvalue weighted by Gasteiger charge is 2.07. The molecule has 0 aliphatic carbocycles. The van der Waals surface area contributed by atoms with E-state index >= 15 is 0 Å². The van der Waals surface area contributed by atoms with Crippen molar-refractivity contribution in [3.05, 3.63) is 65.5 Å². The van der Waals surface area contributed by atoms with Gasteiger partial charge < -0.3 is 4.74 Å². The summed E-state index contributed by atoms with van der Waals surface area (Å²) in [5.74, 6) is 0.488. The molecule has 0 radical (unpaired) electrons. The summed E-state index contributed by atoms with van der Waals surface area (Å²) >= 11 is 0. The molecule has 0 N–H and O–H groups in total. The number of halogens is 1. The van der Waals surface area contributed by atoms with Crippen LogP contribution in [-0.4, -0.2) is 12.4 Å². The quantitative estimate of drug-likeness (QED) is 0.742. The van der Waals surface area contributed by atoms with Crippen LogP contribution >= 0.6 is 0 Å². The van der Waals surface area contributed by atoms with Gasteiger partial charge in [-0.05, 0) is 48.4 Å². The number of ether oxygens (including phenoxy) is 1. The van der Waals surface area contributed by atoms with E-state index in [9.17, 15) is 9.18 Å². The van der Waals surface area contributed by atoms with Crippen molar-refractivity contribution in [2.24, 2.45) is 0 Å². The van der Waals surface area contributed by atoms with E-state index in [-0.39, 0.29) is 18.0 Å². The van der Waals surface area contributed by atoms with E-state index in [2.05, 4.69) is 0 Å². The Kier molecular flexibility index (Phi) is 4.88. The molecule has 2 rings (SSSR count). The topological polar surface area (TPSA) is 26.3 Å². The molecule has 0 aromatic heterocycles. The third-order valence-corrected chi connectivity index (χ3v) is 2.93. The molecule has 0 amide bonds. The molecular formula is C17H17FO2. The first-order valence-corrected chi connectivity index (χ1v) is 6.69. The monoisotopic (exact) mass is 272 g/mol. The molecule has 0 saturated heterocycles. The van der Waals surface area contributed by atoms with Gasteiger partial charge in [0.1, 0.15) is 11.6 Å². The molecule has 2 aromatic rings. The maximum Gasteiger partial charge on any atom is 0.167 e. The average Bonchev–Trinajstić information content (AvgIpc) is 2.48. The van der Waals surface area contributed by atoms with E-state index in [0.717, 1.165) is 17.7 Å². The zero-order valence-electron chi connectivity index (χ0n) is 11.4. The third kappa shape index (κ3) is 3.92. The lowest BCUT2D eigenvalue weighted by Crippen LogP contribution is -2.03. The van der Waals surface area contributed by atoms with Gasteiger partial charge in [0.2, 0.25) is 0 Å². The van der Waals surface area contributed by atoms with E-state index in [0.29, 0.717) is 12.2 Å². The van der Waals surface area contributed by atoms with Crippen LogP contribution in [0.2, 0.25) is 0 Å². The molecule has 0 atom stereocenters. The fourth-order valence-corrected chi connectivity index (χ4v) is 1.85. The first-order valence-electron chi connectivity index (χ1n) is 6.69. The lowest BCUT2D eigenvalue weighted by molar-refractivity contribution is 0.0993. The second-order valence-corrected chi connectivity index (χ2v) is 4.60. The van der Waals surface area contributed by atoms with Crippen molar-refractivity contribution >= 4 is 5.78 Å². The Labute approximate surface area is 118 Å². The summed E-state index contributed by atoms with van der Waals surface area (Å²) in [6, 6.07) is 13.1. The largest absolute Gasteiger partial charge is 0.494 e. The number of ketones is 1. The Balaban J connectivity index is 2.00. The van der Waals surface area contributed by atoms with E-state index in [1.807, 2.05) is 6.92 Å². The van der Waals surface area contributed by atoms with E-state index in [1.165, 1.54) is 12.1 Å². The van der Waals surface area contributed by atoms with Gasteiger partial charge in [-0.2, -0.15) is 0 Å². The predicted octanol–water partition coefficient (Wildman–Crippen LogP) is 4.04. The minimum absolute atomic E-state index is 0.0126. The fraction of sp³-hybridized carbons (Fsp3) is 0.235. The second kappa shape index (κ2) is 6.85. The van der Waals surface area contributed by atoms with E-state index < -0.39 is 0 Å². The molecule has 0 aliphatic rings. The number of hydrogen-bond donors (Lipinski definition) is 0. The lowest BCUT2D eigenvalue weighted by atomic mass is 10.0. The fourth-order valence-electron chi connectivity index (χ4n) is 1.85. The Morgan fingerprint density at radius 2 is 1.70 bits per heavy atom. The Bertz CT molecular complexity index is 559. The van der Waals surface area contributed by atoms with Crippen molar-refractivity contribution in [2.45, 2.75) is 19.8 Å². The summed E-state index contributed by atoms with van der Waals surface area (Å²) in [6.07, 6.45) is 1.22. The summed E-state index contributed by atoms with van der Waals surface area (Å²) in [7, 11) is 0. The lowest BCUT2D eigenvalue weighted by Gasteiger charge is -2.06. The van der Waals surface area contributed by atoms with Crippen molar-refractivity contribution in [1.82, 2.24) is 0 Å². The molecule has 2 nitrogen and oxygen atoms in total. The average molecular weight is 272 g/mol. The van der Waals surface area contributed by atoms with Crippen LogP contribution in [0.3, 0.4) is 0 Å². The summed E-state index contributed by atoms with van der Waals surface area (Å²) in [4.78, 5) is 12.1. The predicted molar refractivity (Wildman–Crippen MR) is 76.7 cm³/mol. The smallest absolute Gasteiger partial charge is 0.167 e. The van der Waals surface area contributed by atoms with Crippen molar-refractivity contribution in [2.75, 3.05) is 6.61 Å². The van der Waals surface area contributed by atoms with Crippen LogP contribution in [-0.2, 0) is 6.42 Å². The highest BCUT2D eigenvalue weighted by Crippen LogP contribution is 2.14. The van der Waals surface area contributed by atoms with Crippen LogP contribution in [0.25, 0.3) is 0 Å². The van der Waals surface area contributed by atoms with Crippen LogP contribution in [0.5, 0.6) is 5.75 Å². The Morgan fingerprint density at radius 3 is 2.30 bits per heavy atom. The maximum atomic E-state index is 12.8. The molecule has 0 bridgehead atoms. The van der Waals surface area contributed by atoms with E-state index in [4.69, 9.17) is 4.74 Å². The number of Topliss-reactive ketones (excluding diaryl/α,β-unsaturated/α-hetero) is 1. The molecule has 0 spiro atoms. The van der Waals surface area contributed by atoms with Crippen LogP contribution in [0.4, 0.5) is 4.39 Å². The zero-order chi connectivity index (χ0) is 14.4. The van der Waals surface area contributed by atoms with Crippen LogP contribution in [0.1, 0.15) is 29.3 Å². The SMILES string of the molecule is CCCOc1ccc(C(=O)Cc2ccc(F)cc2)cc1. The zero-order valence-corrected chi connectivity index (χ0v) is 11.4. The van der Waals surface area contributed by atoms with Crippen molar-refractivity contribution < 1.29 is 13.9 Å². The molecule has 3 heteroatoms. The van der Waals surface area contributed by atoms with E-state index in [1.54, 1.807) is 36.4 Å². The van der Waals surface area contributed by atoms with Gasteiger partial charge in [0.05, 0.1) is 6.61 Å². The summed E-state index contributed by atoms with van der Waals surface area (Å²) in [5, 5.41) is 0. The number of benzene rings is 2. The van der Waals surface area contributed by atoms with Crippen LogP contribution in [0, 0.1) is 5.82 Å². The van der Waals surface area contributed by atoms with Gasteiger partial charge in [-0.25, -0.2) is 4.39 Å². The van der Waals surface area contributed by atoms with Gasteiger partial charge in [0, 0.05) is 12.0 Å². The molecule has 2 aromatic carbocycles. The van der Waals surface area contributed by atoms with Gasteiger partial charge in [0.15, 0.2) is 5.78 Å². The number of carbonyl (C=O) groups excluding carboxylic acids is 1. The minimum Gasteiger partial charge on any atom is -0.494 e. The summed E-state index contributed by atoms with van der Waals surface area (Å²) < 4.78 is 18.3. The highest BCUT2D eigenvalue weighted by atomic mass is 19.1. The second-order valence-electron chi connectivity index (χ2n) is 4.60. The molecular weight excluding hydrogens is 255 g/mol. The first-order chi connectivity index (χ1) is 9.69. The molecule has 104 valence electrons. The molecule has 0 heterocycles. The van der Waals surface area contributed by atoms with Gasteiger partial charge in [-0.3, -0.25) is 4.79 Å². The van der Waals surface area contributed by atoms with Crippen molar-refractivity contribution in [3.8, 4) is 5.75 Å². The molecule has 0 unspecified atom stereocenters. The highest BCUT2D eigenvalue weighted by molar-refractivity contribution is 5.97. The standard InChI is InChI=1S/C17H17FO2/c1-2-11-20-16-9-5-14(6-10-16)17(19)12-13-3-7-15(18)8-4-13/h3-10H,2,11-12H2,1H3. The Hall–Kier alpha value is -2.16. The number of hydrogen-bond acceptors (Lipinski definition) is 2. The molecule has 0 saturated carbocycles. The number of carbonyl (C=O) groups is 1. The third-order valence-electron chi connectivity index (χ3n) is 2.93. The van der Waals surface area contributed by atoms with Gasteiger partial charge in [-0.15, -0.1) is 0 Å². The molecule has 0 aliphatic heterocycles. The summed E-state index contributed by atoms with van der Waals surface area (Å²) in [6.45, 7) is 2.71. The minimum atomic E-state index is -0.293. The molecule has 20 heavy (non-hydrogen) atoms. The maximum absolute atomic E-state index is 12.8. The first kappa shape index (κ1) is 14.3. The number of rotatable bonds is 6. The summed E-state index contributed by atoms with van der Waals surface area (Å²) in [5.41, 5.74) is 1.45. The molecule has 0 fully saturated rings. The van der Waals surface area contributed by atoms with Crippen molar-refractivity contribution in [1.29, 1.82) is 0 Å². The normalized spacial score (nSPS) is 10.3. The van der Waals surface area contributed by atoms with Crippen LogP contribution in [0.15, 0.2) is 48.5 Å². The van der Waals surface area contributed by atoms with Crippen LogP contribution < -0.4 is 4.74 Å². The van der Waals surface area contributed by atoms with Crippen molar-refractivity contribution in [3.63, 3.8) is 0 Å². The van der Waals surface area contributed by atoms with Gasteiger partial charge in [-0.1, -0.05) is 19.1 Å². The Morgan fingerprint density at radius 1 is 1.05 bits per heavy atom. The van der Waals surface area contributed by atoms with Gasteiger partial charge >= 0.3 is 0 Å².